The van der Waals surface area contributed by atoms with E-state index in [4.69, 9.17) is 5.11 Å². The molecular weight excluding hydrogens is 298 g/mol. The number of amides is 3. The van der Waals surface area contributed by atoms with Crippen LogP contribution in [0, 0.1) is 11.8 Å². The number of hydrogen-bond donors (Lipinski definition) is 2. The molecule has 2 aliphatic rings. The Balaban J connectivity index is 1.82. The fourth-order valence-corrected chi connectivity index (χ4v) is 3.23. The van der Waals surface area contributed by atoms with Crippen LogP contribution in [0.4, 0.5) is 4.79 Å². The number of carboxylic acid groups (broad SMARTS) is 1. The molecule has 0 bridgehead atoms. The molecule has 2 saturated heterocycles. The maximum atomic E-state index is 12.3. The zero-order chi connectivity index (χ0) is 17.0. The molecule has 130 valence electrons. The zero-order valence-corrected chi connectivity index (χ0v) is 14.0. The van der Waals surface area contributed by atoms with Gasteiger partial charge >= 0.3 is 12.0 Å². The fraction of sp³-hybridized carbons (Fsp3) is 0.812. The molecule has 0 aromatic carbocycles. The third-order valence-electron chi connectivity index (χ3n) is 4.74. The minimum Gasteiger partial charge on any atom is -0.480 e. The van der Waals surface area contributed by atoms with Gasteiger partial charge in [0.25, 0.3) is 0 Å². The van der Waals surface area contributed by atoms with E-state index in [1.807, 2.05) is 9.80 Å². The minimum absolute atomic E-state index is 0.0759. The van der Waals surface area contributed by atoms with Gasteiger partial charge in [0, 0.05) is 32.1 Å². The quantitative estimate of drug-likeness (QED) is 0.811. The summed E-state index contributed by atoms with van der Waals surface area (Å²) in [5.41, 5.74) is 0. The van der Waals surface area contributed by atoms with Crippen LogP contribution >= 0.6 is 0 Å². The number of carbonyl (C=O) groups excluding carboxylic acids is 2. The molecule has 0 aliphatic carbocycles. The van der Waals surface area contributed by atoms with E-state index in [0.29, 0.717) is 25.9 Å². The number of carboxylic acids is 1. The van der Waals surface area contributed by atoms with Crippen molar-refractivity contribution in [3.63, 3.8) is 0 Å². The second-order valence-corrected chi connectivity index (χ2v) is 6.81. The van der Waals surface area contributed by atoms with Gasteiger partial charge in [-0.2, -0.15) is 0 Å². The number of urea groups is 1. The van der Waals surface area contributed by atoms with Crippen molar-refractivity contribution < 1.29 is 19.5 Å². The lowest BCUT2D eigenvalue weighted by Gasteiger charge is -2.34. The number of nitrogens with zero attached hydrogens (tertiary/aromatic N) is 2. The Hall–Kier alpha value is -1.79. The first-order valence-corrected chi connectivity index (χ1v) is 8.47. The number of nitrogens with one attached hydrogen (secondary N) is 1. The van der Waals surface area contributed by atoms with E-state index in [2.05, 4.69) is 5.32 Å². The van der Waals surface area contributed by atoms with Crippen LogP contribution in [0.25, 0.3) is 0 Å². The first kappa shape index (κ1) is 17.6. The van der Waals surface area contributed by atoms with Gasteiger partial charge in [-0.3, -0.25) is 4.79 Å². The largest absolute Gasteiger partial charge is 0.480 e. The molecule has 2 fully saturated rings. The van der Waals surface area contributed by atoms with E-state index in [-0.39, 0.29) is 23.8 Å². The summed E-state index contributed by atoms with van der Waals surface area (Å²) in [5, 5.41) is 11.8. The summed E-state index contributed by atoms with van der Waals surface area (Å²) >= 11 is 0. The third-order valence-corrected chi connectivity index (χ3v) is 4.74. The normalized spacial score (nSPS) is 20.7. The second-order valence-electron chi connectivity index (χ2n) is 6.81. The van der Waals surface area contributed by atoms with Gasteiger partial charge in [0.2, 0.25) is 5.91 Å². The third kappa shape index (κ3) is 4.36. The first-order valence-electron chi connectivity index (χ1n) is 8.47. The van der Waals surface area contributed by atoms with Gasteiger partial charge in [-0.1, -0.05) is 13.8 Å². The molecule has 1 atom stereocenters. The average Bonchev–Trinajstić information content (AvgIpc) is 3.05. The standard InChI is InChI=1S/C16H27N3O4/c1-11(2)13(15(21)22)17-14(20)12-5-9-19(10-6-12)16(23)18-7-3-4-8-18/h11-13H,3-10H2,1-2H3,(H,17,20)(H,21,22). The molecule has 3 amide bonds. The SMILES string of the molecule is CC(C)C(NC(=O)C1CCN(C(=O)N2CCCC2)CC1)C(=O)O. The van der Waals surface area contributed by atoms with E-state index in [0.717, 1.165) is 25.9 Å². The Kier molecular flexibility index (Phi) is 5.85. The molecule has 2 rings (SSSR count). The van der Waals surface area contributed by atoms with Crippen molar-refractivity contribution in [1.82, 2.24) is 15.1 Å². The van der Waals surface area contributed by atoms with Crippen LogP contribution in [0.15, 0.2) is 0 Å². The molecule has 0 aromatic rings. The highest BCUT2D eigenvalue weighted by molar-refractivity contribution is 5.85. The molecule has 2 N–H and O–H groups in total. The molecule has 2 aliphatic heterocycles. The van der Waals surface area contributed by atoms with Gasteiger partial charge in [-0.25, -0.2) is 9.59 Å². The Morgan fingerprint density at radius 2 is 1.52 bits per heavy atom. The summed E-state index contributed by atoms with van der Waals surface area (Å²) in [6.07, 6.45) is 3.32. The topological polar surface area (TPSA) is 90.0 Å². The Morgan fingerprint density at radius 3 is 2.00 bits per heavy atom. The molecule has 23 heavy (non-hydrogen) atoms. The molecule has 0 radical (unpaired) electrons. The molecule has 0 spiro atoms. The monoisotopic (exact) mass is 325 g/mol. The van der Waals surface area contributed by atoms with E-state index in [1.54, 1.807) is 13.8 Å². The number of aliphatic carboxylic acids is 1. The lowest BCUT2D eigenvalue weighted by Crippen LogP contribution is -2.50. The van der Waals surface area contributed by atoms with Crippen molar-refractivity contribution in [1.29, 1.82) is 0 Å². The molecule has 0 aromatic heterocycles. The summed E-state index contributed by atoms with van der Waals surface area (Å²) in [6.45, 7) is 6.33. The van der Waals surface area contributed by atoms with Crippen molar-refractivity contribution in [3.05, 3.63) is 0 Å². The Bertz CT molecular complexity index is 452. The lowest BCUT2D eigenvalue weighted by molar-refractivity contribution is -0.144. The van der Waals surface area contributed by atoms with E-state index < -0.39 is 12.0 Å². The summed E-state index contributed by atoms with van der Waals surface area (Å²) in [4.78, 5) is 39.4. The van der Waals surface area contributed by atoms with Gasteiger partial charge in [-0.15, -0.1) is 0 Å². The van der Waals surface area contributed by atoms with Crippen molar-refractivity contribution >= 4 is 17.9 Å². The van der Waals surface area contributed by atoms with Crippen LogP contribution in [0.2, 0.25) is 0 Å². The highest BCUT2D eigenvalue weighted by Crippen LogP contribution is 2.20. The van der Waals surface area contributed by atoms with Crippen molar-refractivity contribution in [2.24, 2.45) is 11.8 Å². The van der Waals surface area contributed by atoms with E-state index in [9.17, 15) is 14.4 Å². The lowest BCUT2D eigenvalue weighted by atomic mass is 9.94. The smallest absolute Gasteiger partial charge is 0.326 e. The summed E-state index contributed by atoms with van der Waals surface area (Å²) < 4.78 is 0. The number of piperidine rings is 1. The van der Waals surface area contributed by atoms with Gasteiger partial charge in [-0.05, 0) is 31.6 Å². The second kappa shape index (κ2) is 7.66. The van der Waals surface area contributed by atoms with Crippen molar-refractivity contribution in [2.75, 3.05) is 26.2 Å². The van der Waals surface area contributed by atoms with Crippen LogP contribution in [0.5, 0.6) is 0 Å². The van der Waals surface area contributed by atoms with Gasteiger partial charge in [0.05, 0.1) is 0 Å². The molecule has 1 unspecified atom stereocenters. The van der Waals surface area contributed by atoms with E-state index in [1.165, 1.54) is 0 Å². The minimum atomic E-state index is -1.00. The summed E-state index contributed by atoms with van der Waals surface area (Å²) in [7, 11) is 0. The van der Waals surface area contributed by atoms with Gasteiger partial charge in [0.15, 0.2) is 0 Å². The molecule has 0 saturated carbocycles. The predicted octanol–water partition coefficient (Wildman–Crippen LogP) is 1.14. The van der Waals surface area contributed by atoms with Crippen LogP contribution in [0.3, 0.4) is 0 Å². The first-order chi connectivity index (χ1) is 10.9. The maximum Gasteiger partial charge on any atom is 0.326 e. The fourth-order valence-electron chi connectivity index (χ4n) is 3.23. The number of rotatable bonds is 4. The molecular formula is C16H27N3O4. The van der Waals surface area contributed by atoms with E-state index >= 15 is 0 Å². The zero-order valence-electron chi connectivity index (χ0n) is 14.0. The maximum absolute atomic E-state index is 12.3. The van der Waals surface area contributed by atoms with Crippen LogP contribution < -0.4 is 5.32 Å². The highest BCUT2D eigenvalue weighted by Gasteiger charge is 2.32. The summed E-state index contributed by atoms with van der Waals surface area (Å²) in [5.74, 6) is -1.58. The van der Waals surface area contributed by atoms with Crippen molar-refractivity contribution in [3.8, 4) is 0 Å². The van der Waals surface area contributed by atoms with Crippen molar-refractivity contribution in [2.45, 2.75) is 45.6 Å². The van der Waals surface area contributed by atoms with Crippen LogP contribution in [0.1, 0.15) is 39.5 Å². The number of hydrogen-bond acceptors (Lipinski definition) is 3. The Labute approximate surface area is 137 Å². The summed E-state index contributed by atoms with van der Waals surface area (Å²) in [6, 6.07) is -0.779. The van der Waals surface area contributed by atoms with Gasteiger partial charge < -0.3 is 20.2 Å². The number of carbonyl (C=O) groups is 3. The van der Waals surface area contributed by atoms with Crippen LogP contribution in [-0.2, 0) is 9.59 Å². The highest BCUT2D eigenvalue weighted by atomic mass is 16.4. The average molecular weight is 325 g/mol. The predicted molar refractivity (Wildman–Crippen MR) is 84.9 cm³/mol. The molecule has 2 heterocycles. The molecule has 7 heteroatoms. The Morgan fingerprint density at radius 1 is 1.00 bits per heavy atom. The van der Waals surface area contributed by atoms with Gasteiger partial charge in [0.1, 0.15) is 6.04 Å². The van der Waals surface area contributed by atoms with Crippen LogP contribution in [-0.4, -0.2) is 65.0 Å². The number of likely N-dealkylation sites (tertiary alicyclic amines) is 2. The molecule has 7 nitrogen and oxygen atoms in total.